The van der Waals surface area contributed by atoms with Gasteiger partial charge in [-0.3, -0.25) is 4.79 Å². The number of rotatable bonds is 6. The first kappa shape index (κ1) is 25.7. The van der Waals surface area contributed by atoms with Gasteiger partial charge >= 0.3 is 5.97 Å². The zero-order valence-corrected chi connectivity index (χ0v) is 23.0. The molecule has 6 rings (SSSR count). The predicted molar refractivity (Wildman–Crippen MR) is 151 cm³/mol. The highest BCUT2D eigenvalue weighted by Crippen LogP contribution is 2.41. The molecule has 0 bridgehead atoms. The van der Waals surface area contributed by atoms with Crippen LogP contribution in [-0.2, 0) is 14.3 Å². The van der Waals surface area contributed by atoms with E-state index in [1.807, 2.05) is 53.6 Å². The highest BCUT2D eigenvalue weighted by molar-refractivity contribution is 7.18. The van der Waals surface area contributed by atoms with Crippen molar-refractivity contribution in [2.45, 2.75) is 45.1 Å². The number of fused-ring (bicyclic) bond motifs is 1. The number of carbonyl (C=O) groups excluding carboxylic acids is 2. The normalized spacial score (nSPS) is 21.2. The van der Waals surface area contributed by atoms with Crippen LogP contribution in [0.5, 0.6) is 0 Å². The van der Waals surface area contributed by atoms with Gasteiger partial charge in [-0.1, -0.05) is 31.2 Å². The van der Waals surface area contributed by atoms with Gasteiger partial charge in [-0.05, 0) is 55.7 Å². The number of carbonyl (C=O) groups is 2. The monoisotopic (exact) mass is 544 g/mol. The summed E-state index contributed by atoms with van der Waals surface area (Å²) in [5, 5.41) is 4.61. The number of benzene rings is 1. The van der Waals surface area contributed by atoms with Gasteiger partial charge in [-0.2, -0.15) is 5.10 Å². The molecule has 1 saturated heterocycles. The summed E-state index contributed by atoms with van der Waals surface area (Å²) in [6.07, 6.45) is 8.25. The number of hydrogen-bond donors (Lipinski definition) is 0. The van der Waals surface area contributed by atoms with Crippen molar-refractivity contribution < 1.29 is 19.1 Å². The largest absolute Gasteiger partial charge is 0.465 e. The second kappa shape index (κ2) is 10.9. The molecular formula is C30H32N4O4S. The van der Waals surface area contributed by atoms with Crippen LogP contribution >= 0.6 is 11.3 Å². The van der Waals surface area contributed by atoms with E-state index >= 15 is 0 Å². The summed E-state index contributed by atoms with van der Waals surface area (Å²) in [5.41, 5.74) is 4.19. The number of esters is 1. The van der Waals surface area contributed by atoms with E-state index in [-0.39, 0.29) is 17.9 Å². The first-order chi connectivity index (χ1) is 19.0. The van der Waals surface area contributed by atoms with Gasteiger partial charge < -0.3 is 14.4 Å². The quantitative estimate of drug-likeness (QED) is 0.283. The number of methoxy groups -OCH3 is 1. The zero-order chi connectivity index (χ0) is 26.9. The summed E-state index contributed by atoms with van der Waals surface area (Å²) in [4.78, 5) is 34.5. The zero-order valence-electron chi connectivity index (χ0n) is 22.2. The fourth-order valence-electron chi connectivity index (χ4n) is 5.64. The number of amides is 1. The number of anilines is 1. The van der Waals surface area contributed by atoms with Crippen molar-refractivity contribution in [1.82, 2.24) is 14.6 Å². The number of thiophene rings is 1. The van der Waals surface area contributed by atoms with Crippen LogP contribution < -0.4 is 4.90 Å². The Kier molecular flexibility index (Phi) is 7.18. The van der Waals surface area contributed by atoms with Crippen molar-refractivity contribution in [2.75, 3.05) is 25.2 Å². The van der Waals surface area contributed by atoms with Crippen molar-refractivity contribution in [3.63, 3.8) is 0 Å². The average molecular weight is 545 g/mol. The molecule has 2 fully saturated rings. The molecule has 202 valence electrons. The second-order valence-corrected chi connectivity index (χ2v) is 11.6. The highest BCUT2D eigenvalue weighted by atomic mass is 32.1. The molecule has 1 aliphatic heterocycles. The fraction of sp³-hybridized carbons (Fsp3) is 0.400. The molecule has 2 aliphatic rings. The Morgan fingerprint density at radius 3 is 2.54 bits per heavy atom. The molecule has 1 aliphatic carbocycles. The maximum absolute atomic E-state index is 14.0. The average Bonchev–Trinajstić information content (AvgIpc) is 3.74. The van der Waals surface area contributed by atoms with Crippen LogP contribution in [-0.4, -0.2) is 52.8 Å². The summed E-state index contributed by atoms with van der Waals surface area (Å²) in [5.74, 6) is 0.289. The van der Waals surface area contributed by atoms with Gasteiger partial charge in [-0.25, -0.2) is 14.3 Å². The molecule has 1 saturated carbocycles. The topological polar surface area (TPSA) is 86.0 Å². The number of aromatic nitrogens is 3. The minimum atomic E-state index is -0.427. The van der Waals surface area contributed by atoms with Crippen molar-refractivity contribution in [2.24, 2.45) is 11.8 Å². The third-order valence-electron chi connectivity index (χ3n) is 7.92. The summed E-state index contributed by atoms with van der Waals surface area (Å²) in [7, 11) is 1.39. The van der Waals surface area contributed by atoms with Crippen molar-refractivity contribution in [3.8, 4) is 21.7 Å². The molecule has 9 heteroatoms. The molecule has 0 N–H and O–H groups in total. The Hall–Kier alpha value is -3.56. The molecule has 1 atom stereocenters. The third-order valence-corrected chi connectivity index (χ3v) is 9.07. The Bertz CT molecular complexity index is 1450. The Morgan fingerprint density at radius 1 is 1.08 bits per heavy atom. The highest BCUT2D eigenvalue weighted by Gasteiger charge is 2.37. The van der Waals surface area contributed by atoms with Crippen LogP contribution in [0.15, 0.2) is 54.9 Å². The van der Waals surface area contributed by atoms with Gasteiger partial charge in [0.1, 0.15) is 4.88 Å². The molecule has 1 aromatic carbocycles. The summed E-state index contributed by atoms with van der Waals surface area (Å²) < 4.78 is 12.6. The van der Waals surface area contributed by atoms with Crippen LogP contribution in [0.3, 0.4) is 0 Å². The molecule has 4 aromatic rings. The van der Waals surface area contributed by atoms with Gasteiger partial charge in [0.15, 0.2) is 5.65 Å². The second-order valence-electron chi connectivity index (χ2n) is 10.5. The molecule has 0 spiro atoms. The van der Waals surface area contributed by atoms with Gasteiger partial charge in [0, 0.05) is 41.4 Å². The van der Waals surface area contributed by atoms with Gasteiger partial charge in [-0.15, -0.1) is 11.3 Å². The standard InChI is InChI=1S/C30H32N4O4S/c1-19-4-6-22(7-5-19)29(35)34(23-12-15-38-18-23)25-17-26(39-28(25)30(36)37-2)21-10-8-20(9-11-21)24-16-27-31-13-3-14-33(27)32-24/h3,8-11,13-14,16-17,19,22-23H,4-7,12,15,18H2,1-2H3/t19-,22-,23?. The minimum Gasteiger partial charge on any atom is -0.465 e. The maximum Gasteiger partial charge on any atom is 0.350 e. The molecule has 0 radical (unpaired) electrons. The van der Waals surface area contributed by atoms with Crippen molar-refractivity contribution in [1.29, 1.82) is 0 Å². The lowest BCUT2D eigenvalue weighted by Crippen LogP contribution is -2.45. The lowest BCUT2D eigenvalue weighted by Gasteiger charge is -2.34. The van der Waals surface area contributed by atoms with Crippen LogP contribution in [0.4, 0.5) is 5.69 Å². The molecule has 4 heterocycles. The lowest BCUT2D eigenvalue weighted by molar-refractivity contribution is -0.124. The van der Waals surface area contributed by atoms with E-state index in [2.05, 4.69) is 17.0 Å². The SMILES string of the molecule is COC(=O)c1sc(-c2ccc(-c3cc4ncccn4n3)cc2)cc1N(C(=O)[C@H]1CC[C@H](C)CC1)C1CCOC1. The molecule has 3 aromatic heterocycles. The Labute approximate surface area is 231 Å². The van der Waals surface area contributed by atoms with E-state index in [4.69, 9.17) is 9.47 Å². The summed E-state index contributed by atoms with van der Waals surface area (Å²) in [6, 6.07) is 13.8. The first-order valence-electron chi connectivity index (χ1n) is 13.6. The van der Waals surface area contributed by atoms with E-state index < -0.39 is 5.97 Å². The summed E-state index contributed by atoms with van der Waals surface area (Å²) >= 11 is 1.36. The van der Waals surface area contributed by atoms with E-state index in [9.17, 15) is 9.59 Å². The summed E-state index contributed by atoms with van der Waals surface area (Å²) in [6.45, 7) is 3.34. The number of hydrogen-bond acceptors (Lipinski definition) is 7. The minimum absolute atomic E-state index is 0.0325. The van der Waals surface area contributed by atoms with Crippen molar-refractivity contribution >= 4 is 34.5 Å². The predicted octanol–water partition coefficient (Wildman–Crippen LogP) is 5.86. The van der Waals surface area contributed by atoms with Crippen LogP contribution in [0, 0.1) is 11.8 Å². The Morgan fingerprint density at radius 2 is 1.85 bits per heavy atom. The smallest absolute Gasteiger partial charge is 0.350 e. The molecule has 1 unspecified atom stereocenters. The lowest BCUT2D eigenvalue weighted by atomic mass is 9.82. The van der Waals surface area contributed by atoms with E-state index in [1.54, 1.807) is 10.7 Å². The molecule has 8 nitrogen and oxygen atoms in total. The van der Waals surface area contributed by atoms with Gasteiger partial charge in [0.05, 0.1) is 31.1 Å². The van der Waals surface area contributed by atoms with Crippen molar-refractivity contribution in [3.05, 3.63) is 59.7 Å². The first-order valence-corrected chi connectivity index (χ1v) is 14.4. The molecule has 39 heavy (non-hydrogen) atoms. The number of nitrogens with zero attached hydrogens (tertiary/aromatic N) is 4. The van der Waals surface area contributed by atoms with Gasteiger partial charge in [0.25, 0.3) is 0 Å². The van der Waals surface area contributed by atoms with Crippen LogP contribution in [0.25, 0.3) is 27.3 Å². The molecular weight excluding hydrogens is 512 g/mol. The van der Waals surface area contributed by atoms with Crippen LogP contribution in [0.1, 0.15) is 48.7 Å². The van der Waals surface area contributed by atoms with E-state index in [0.29, 0.717) is 29.7 Å². The maximum atomic E-state index is 14.0. The van der Waals surface area contributed by atoms with E-state index in [0.717, 1.165) is 59.4 Å². The third kappa shape index (κ3) is 5.08. The molecule has 1 amide bonds. The number of ether oxygens (including phenoxy) is 2. The van der Waals surface area contributed by atoms with Gasteiger partial charge in [0.2, 0.25) is 5.91 Å². The van der Waals surface area contributed by atoms with Crippen LogP contribution in [0.2, 0.25) is 0 Å². The Balaban J connectivity index is 1.35. The fourth-order valence-corrected chi connectivity index (χ4v) is 6.72. The van der Waals surface area contributed by atoms with E-state index in [1.165, 1.54) is 18.4 Å².